The molecule has 1 N–H and O–H groups in total. The number of amides is 1. The Bertz CT molecular complexity index is 909. The molecule has 0 saturated heterocycles. The molecule has 1 aromatic heterocycles. The Balaban J connectivity index is 1.91. The van der Waals surface area contributed by atoms with Gasteiger partial charge in [-0.1, -0.05) is 92.8 Å². The highest BCUT2D eigenvalue weighted by Gasteiger charge is 2.21. The first-order valence-corrected chi connectivity index (χ1v) is 9.22. The van der Waals surface area contributed by atoms with Gasteiger partial charge in [-0.2, -0.15) is 0 Å². The van der Waals surface area contributed by atoms with Crippen LogP contribution in [-0.2, 0) is 10.2 Å². The molecule has 5 heteroatoms. The summed E-state index contributed by atoms with van der Waals surface area (Å²) in [6, 6.07) is 19.4. The van der Waals surface area contributed by atoms with E-state index in [0.29, 0.717) is 10.7 Å². The van der Waals surface area contributed by atoms with Crippen LogP contribution in [-0.4, -0.2) is 16.1 Å². The topological polar surface area (TPSA) is 54.9 Å². The van der Waals surface area contributed by atoms with Gasteiger partial charge in [-0.05, 0) is 17.2 Å². The second-order valence-corrected chi connectivity index (χ2v) is 7.93. The van der Waals surface area contributed by atoms with Crippen molar-refractivity contribution < 1.29 is 4.79 Å². The van der Waals surface area contributed by atoms with Gasteiger partial charge in [0, 0.05) is 11.0 Å². The number of anilines is 1. The number of aromatic nitrogens is 2. The van der Waals surface area contributed by atoms with Gasteiger partial charge in [0.05, 0.1) is 0 Å². The summed E-state index contributed by atoms with van der Waals surface area (Å²) in [6.45, 7) is 6.22. The molecule has 0 aliphatic carbocycles. The Kier molecular flexibility index (Phi) is 5.28. The van der Waals surface area contributed by atoms with E-state index in [2.05, 4.69) is 36.3 Å². The van der Waals surface area contributed by atoms with E-state index < -0.39 is 0 Å². The lowest BCUT2D eigenvalue weighted by molar-refractivity contribution is -0.111. The average Bonchev–Trinajstić information content (AvgIpc) is 3.10. The molecule has 0 unspecified atom stereocenters. The van der Waals surface area contributed by atoms with Crippen LogP contribution in [0.1, 0.15) is 36.9 Å². The summed E-state index contributed by atoms with van der Waals surface area (Å²) in [5.41, 5.74) is 2.32. The SMILES string of the molecule is CC(C)(C)c1nnc(NC(=O)C(=Cc2ccccc2)c2ccccc2)s1. The monoisotopic (exact) mass is 363 g/mol. The molecule has 0 spiro atoms. The average molecular weight is 363 g/mol. The molecule has 3 rings (SSSR count). The molecule has 0 bridgehead atoms. The van der Waals surface area contributed by atoms with Crippen molar-refractivity contribution in [3.05, 3.63) is 76.8 Å². The molecule has 132 valence electrons. The third-order valence-electron chi connectivity index (χ3n) is 3.73. The fraction of sp³-hybridized carbons (Fsp3) is 0.190. The van der Waals surface area contributed by atoms with E-state index in [-0.39, 0.29) is 11.3 Å². The lowest BCUT2D eigenvalue weighted by Gasteiger charge is -2.12. The molecule has 0 atom stereocenters. The summed E-state index contributed by atoms with van der Waals surface area (Å²) in [5, 5.41) is 12.6. The summed E-state index contributed by atoms with van der Waals surface area (Å²) in [4.78, 5) is 12.9. The minimum absolute atomic E-state index is 0.0945. The molecule has 26 heavy (non-hydrogen) atoms. The molecule has 0 aliphatic heterocycles. The van der Waals surface area contributed by atoms with Crippen molar-refractivity contribution in [2.75, 3.05) is 5.32 Å². The standard InChI is InChI=1S/C21H21N3OS/c1-21(2,3)19-23-24-20(26-19)22-18(25)17(16-12-8-5-9-13-16)14-15-10-6-4-7-11-15/h4-14H,1-3H3,(H,22,24,25). The minimum Gasteiger partial charge on any atom is -0.296 e. The van der Waals surface area contributed by atoms with E-state index in [1.807, 2.05) is 66.7 Å². The first-order chi connectivity index (χ1) is 12.4. The maximum absolute atomic E-state index is 12.9. The number of carbonyl (C=O) groups is 1. The summed E-state index contributed by atoms with van der Waals surface area (Å²) in [5.74, 6) is -0.198. The van der Waals surface area contributed by atoms with Gasteiger partial charge in [0.25, 0.3) is 5.91 Å². The van der Waals surface area contributed by atoms with E-state index >= 15 is 0 Å². The molecular formula is C21H21N3OS. The van der Waals surface area contributed by atoms with Crippen LogP contribution < -0.4 is 5.32 Å². The summed E-state index contributed by atoms with van der Waals surface area (Å²) in [6.07, 6.45) is 1.89. The third kappa shape index (κ3) is 4.43. The highest BCUT2D eigenvalue weighted by molar-refractivity contribution is 7.15. The van der Waals surface area contributed by atoms with Crippen LogP contribution >= 0.6 is 11.3 Å². The minimum atomic E-state index is -0.198. The van der Waals surface area contributed by atoms with Crippen LogP contribution in [0.5, 0.6) is 0 Å². The third-order valence-corrected chi connectivity index (χ3v) is 4.99. The Morgan fingerprint density at radius 2 is 1.58 bits per heavy atom. The maximum atomic E-state index is 12.9. The van der Waals surface area contributed by atoms with E-state index in [9.17, 15) is 4.79 Å². The Morgan fingerprint density at radius 1 is 0.962 bits per heavy atom. The van der Waals surface area contributed by atoms with Crippen LogP contribution in [0.2, 0.25) is 0 Å². The number of benzene rings is 2. The van der Waals surface area contributed by atoms with Gasteiger partial charge < -0.3 is 0 Å². The van der Waals surface area contributed by atoms with Crippen molar-refractivity contribution in [3.63, 3.8) is 0 Å². The van der Waals surface area contributed by atoms with E-state index in [4.69, 9.17) is 0 Å². The molecular weight excluding hydrogens is 342 g/mol. The fourth-order valence-electron chi connectivity index (χ4n) is 2.35. The van der Waals surface area contributed by atoms with Gasteiger partial charge in [0.2, 0.25) is 5.13 Å². The Labute approximate surface area is 157 Å². The lowest BCUT2D eigenvalue weighted by atomic mass is 9.98. The number of nitrogens with zero attached hydrogens (tertiary/aromatic N) is 2. The molecule has 0 aliphatic rings. The van der Waals surface area contributed by atoms with Gasteiger partial charge in [0.15, 0.2) is 0 Å². The summed E-state index contributed by atoms with van der Waals surface area (Å²) < 4.78 is 0. The van der Waals surface area contributed by atoms with Crippen molar-refractivity contribution in [1.82, 2.24) is 10.2 Å². The molecule has 2 aromatic carbocycles. The molecule has 1 heterocycles. The van der Waals surface area contributed by atoms with E-state index in [1.165, 1.54) is 11.3 Å². The van der Waals surface area contributed by atoms with Crippen LogP contribution in [0.25, 0.3) is 11.6 Å². The number of hydrogen-bond acceptors (Lipinski definition) is 4. The quantitative estimate of drug-likeness (QED) is 0.523. The van der Waals surface area contributed by atoms with Crippen LogP contribution in [0.3, 0.4) is 0 Å². The van der Waals surface area contributed by atoms with E-state index in [1.54, 1.807) is 0 Å². The van der Waals surface area contributed by atoms with Crippen LogP contribution in [0.4, 0.5) is 5.13 Å². The molecule has 0 saturated carbocycles. The molecule has 0 fully saturated rings. The van der Waals surface area contributed by atoms with Gasteiger partial charge in [-0.3, -0.25) is 10.1 Å². The van der Waals surface area contributed by atoms with Crippen LogP contribution in [0, 0.1) is 0 Å². The zero-order valence-electron chi connectivity index (χ0n) is 15.1. The fourth-order valence-corrected chi connectivity index (χ4v) is 3.15. The van der Waals surface area contributed by atoms with Crippen molar-refractivity contribution in [2.24, 2.45) is 0 Å². The molecule has 1 amide bonds. The predicted octanol–water partition coefficient (Wildman–Crippen LogP) is 5.01. The second kappa shape index (κ2) is 7.62. The highest BCUT2D eigenvalue weighted by Crippen LogP contribution is 2.28. The van der Waals surface area contributed by atoms with Gasteiger partial charge >= 0.3 is 0 Å². The van der Waals surface area contributed by atoms with Crippen molar-refractivity contribution >= 4 is 34.0 Å². The zero-order valence-corrected chi connectivity index (χ0v) is 15.9. The van der Waals surface area contributed by atoms with Gasteiger partial charge in [0.1, 0.15) is 5.01 Å². The number of hydrogen-bond donors (Lipinski definition) is 1. The largest absolute Gasteiger partial charge is 0.296 e. The summed E-state index contributed by atoms with van der Waals surface area (Å²) in [7, 11) is 0. The molecule has 4 nitrogen and oxygen atoms in total. The molecule has 0 radical (unpaired) electrons. The smallest absolute Gasteiger partial charge is 0.258 e. The van der Waals surface area contributed by atoms with Crippen molar-refractivity contribution in [2.45, 2.75) is 26.2 Å². The summed E-state index contributed by atoms with van der Waals surface area (Å²) >= 11 is 1.41. The second-order valence-electron chi connectivity index (χ2n) is 6.95. The zero-order chi connectivity index (χ0) is 18.6. The molecule has 3 aromatic rings. The Morgan fingerprint density at radius 3 is 2.15 bits per heavy atom. The lowest BCUT2D eigenvalue weighted by Crippen LogP contribution is -2.13. The normalized spacial score (nSPS) is 12.0. The van der Waals surface area contributed by atoms with Crippen molar-refractivity contribution in [3.8, 4) is 0 Å². The Hall–Kier alpha value is -2.79. The number of nitrogens with one attached hydrogen (secondary N) is 1. The number of carbonyl (C=O) groups excluding carboxylic acids is 1. The maximum Gasteiger partial charge on any atom is 0.258 e. The highest BCUT2D eigenvalue weighted by atomic mass is 32.1. The van der Waals surface area contributed by atoms with Gasteiger partial charge in [-0.25, -0.2) is 0 Å². The van der Waals surface area contributed by atoms with E-state index in [0.717, 1.165) is 16.1 Å². The van der Waals surface area contributed by atoms with Gasteiger partial charge in [-0.15, -0.1) is 10.2 Å². The predicted molar refractivity (Wildman–Crippen MR) is 108 cm³/mol. The first-order valence-electron chi connectivity index (χ1n) is 8.41. The van der Waals surface area contributed by atoms with Crippen molar-refractivity contribution in [1.29, 1.82) is 0 Å². The van der Waals surface area contributed by atoms with Crippen LogP contribution in [0.15, 0.2) is 60.7 Å². The number of rotatable bonds is 4. The first kappa shape index (κ1) is 18.0.